The van der Waals surface area contributed by atoms with Crippen LogP contribution in [-0.2, 0) is 10.3 Å². The molecule has 0 aliphatic rings. The number of alkyl halides is 3. The molecule has 0 fully saturated rings. The van der Waals surface area contributed by atoms with Crippen LogP contribution >= 0.6 is 0 Å². The largest absolute Gasteiger partial charge is 0.392 e. The lowest BCUT2D eigenvalue weighted by atomic mass is 9.85. The molecule has 0 N–H and O–H groups in total. The Kier molecular flexibility index (Phi) is 4.37. The Bertz CT molecular complexity index is 592. The van der Waals surface area contributed by atoms with Crippen LogP contribution in [0.3, 0.4) is 0 Å². The minimum atomic E-state index is -4.30. The summed E-state index contributed by atoms with van der Waals surface area (Å²) in [5.41, 5.74) is 0.756. The van der Waals surface area contributed by atoms with Gasteiger partial charge in [0.15, 0.2) is 0 Å². The molecular weight excluding hydrogens is 277 g/mol. The second-order valence-corrected chi connectivity index (χ2v) is 5.14. The molecule has 1 unspecified atom stereocenters. The molecule has 0 heterocycles. The minimum Gasteiger partial charge on any atom is -0.373 e. The monoisotopic (exact) mass is 294 g/mol. The molecule has 21 heavy (non-hydrogen) atoms. The van der Waals surface area contributed by atoms with Crippen LogP contribution in [0.5, 0.6) is 0 Å². The van der Waals surface area contributed by atoms with Gasteiger partial charge in [-0.2, -0.15) is 13.2 Å². The highest BCUT2D eigenvalue weighted by atomic mass is 19.4. The summed E-state index contributed by atoms with van der Waals surface area (Å²) in [4.78, 5) is 0. The van der Waals surface area contributed by atoms with Gasteiger partial charge in [-0.1, -0.05) is 54.6 Å². The molecule has 0 bridgehead atoms. The number of halogens is 3. The summed E-state index contributed by atoms with van der Waals surface area (Å²) >= 11 is 0. The first kappa shape index (κ1) is 15.6. The second kappa shape index (κ2) is 5.90. The summed E-state index contributed by atoms with van der Waals surface area (Å²) in [6.07, 6.45) is -5.32. The third-order valence-corrected chi connectivity index (χ3v) is 3.57. The maximum Gasteiger partial charge on any atom is 0.392 e. The van der Waals surface area contributed by atoms with Gasteiger partial charge in [0.05, 0.1) is 12.0 Å². The highest BCUT2D eigenvalue weighted by Gasteiger charge is 2.41. The predicted octanol–water partition coefficient (Wildman–Crippen LogP) is 5.17. The smallest absolute Gasteiger partial charge is 0.373 e. The Morgan fingerprint density at radius 3 is 2.05 bits per heavy atom. The Balaban J connectivity index is 2.53. The van der Waals surface area contributed by atoms with E-state index < -0.39 is 18.2 Å². The van der Waals surface area contributed by atoms with Crippen molar-refractivity contribution < 1.29 is 17.9 Å². The van der Waals surface area contributed by atoms with Gasteiger partial charge in [0.1, 0.15) is 0 Å². The Labute approximate surface area is 122 Å². The van der Waals surface area contributed by atoms with Gasteiger partial charge in [-0.3, -0.25) is 0 Å². The number of hydrogen-bond acceptors (Lipinski definition) is 1. The van der Waals surface area contributed by atoms with Crippen LogP contribution in [0.4, 0.5) is 13.2 Å². The second-order valence-electron chi connectivity index (χ2n) is 5.14. The van der Waals surface area contributed by atoms with Crippen LogP contribution in [0.2, 0.25) is 0 Å². The van der Waals surface area contributed by atoms with E-state index >= 15 is 0 Å². The van der Waals surface area contributed by atoms with Crippen LogP contribution in [0.15, 0.2) is 54.6 Å². The van der Waals surface area contributed by atoms with Gasteiger partial charge >= 0.3 is 6.18 Å². The summed E-state index contributed by atoms with van der Waals surface area (Å²) < 4.78 is 43.9. The first-order valence-electron chi connectivity index (χ1n) is 6.62. The van der Waals surface area contributed by atoms with E-state index in [-0.39, 0.29) is 0 Å². The molecule has 2 aromatic carbocycles. The van der Waals surface area contributed by atoms with Crippen molar-refractivity contribution in [3.05, 3.63) is 60.2 Å². The zero-order valence-electron chi connectivity index (χ0n) is 11.9. The van der Waals surface area contributed by atoms with Crippen molar-refractivity contribution in [1.29, 1.82) is 0 Å². The van der Waals surface area contributed by atoms with Crippen LogP contribution < -0.4 is 0 Å². The fourth-order valence-corrected chi connectivity index (χ4v) is 2.47. The normalized spacial score (nSPS) is 14.7. The van der Waals surface area contributed by atoms with E-state index in [1.54, 1.807) is 12.1 Å². The molecule has 0 radical (unpaired) electrons. The van der Waals surface area contributed by atoms with Crippen LogP contribution in [0.25, 0.3) is 11.1 Å². The number of rotatable bonds is 4. The van der Waals surface area contributed by atoms with Gasteiger partial charge < -0.3 is 4.74 Å². The third-order valence-electron chi connectivity index (χ3n) is 3.57. The van der Waals surface area contributed by atoms with Crippen molar-refractivity contribution in [2.24, 2.45) is 0 Å². The quantitative estimate of drug-likeness (QED) is 0.756. The minimum absolute atomic E-state index is 0.538. The van der Waals surface area contributed by atoms with Gasteiger partial charge in [0.2, 0.25) is 0 Å². The SMILES string of the molecule is COC(C)(CC(F)(F)F)c1ccccc1-c1ccccc1. The number of benzene rings is 2. The lowest BCUT2D eigenvalue weighted by Gasteiger charge is -2.31. The van der Waals surface area contributed by atoms with Crippen molar-refractivity contribution in [3.63, 3.8) is 0 Å². The highest BCUT2D eigenvalue weighted by Crippen LogP contribution is 2.41. The summed E-state index contributed by atoms with van der Waals surface area (Å²) in [5.74, 6) is 0. The Hall–Kier alpha value is -1.81. The summed E-state index contributed by atoms with van der Waals surface area (Å²) in [7, 11) is 1.31. The number of hydrogen-bond donors (Lipinski definition) is 0. The summed E-state index contributed by atoms with van der Waals surface area (Å²) in [6, 6.07) is 16.4. The lowest BCUT2D eigenvalue weighted by molar-refractivity contribution is -0.181. The van der Waals surface area contributed by atoms with Crippen LogP contribution in [-0.4, -0.2) is 13.3 Å². The van der Waals surface area contributed by atoms with E-state index in [1.807, 2.05) is 42.5 Å². The van der Waals surface area contributed by atoms with Crippen molar-refractivity contribution >= 4 is 0 Å². The first-order chi connectivity index (χ1) is 9.86. The van der Waals surface area contributed by atoms with Gasteiger partial charge in [0, 0.05) is 7.11 Å². The summed E-state index contributed by atoms with van der Waals surface area (Å²) in [6.45, 7) is 1.47. The molecule has 2 aromatic rings. The highest BCUT2D eigenvalue weighted by molar-refractivity contribution is 5.68. The van der Waals surface area contributed by atoms with Gasteiger partial charge in [0.25, 0.3) is 0 Å². The molecule has 0 aliphatic heterocycles. The summed E-state index contributed by atoms with van der Waals surface area (Å²) in [5, 5.41) is 0. The number of methoxy groups -OCH3 is 1. The maximum absolute atomic E-state index is 12.9. The molecule has 2 rings (SSSR count). The van der Waals surface area contributed by atoms with E-state index in [4.69, 9.17) is 4.74 Å². The van der Waals surface area contributed by atoms with Gasteiger partial charge in [-0.05, 0) is 23.6 Å². The molecular formula is C17H17F3O. The molecule has 0 amide bonds. The van der Waals surface area contributed by atoms with E-state index in [0.717, 1.165) is 11.1 Å². The molecule has 1 atom stereocenters. The van der Waals surface area contributed by atoms with Crippen LogP contribution in [0, 0.1) is 0 Å². The molecule has 112 valence electrons. The zero-order chi connectivity index (χ0) is 15.5. The standard InChI is InChI=1S/C17H17F3O/c1-16(21-2,12-17(18,19)20)15-11-7-6-10-14(15)13-8-4-3-5-9-13/h3-11H,12H2,1-2H3. The lowest BCUT2D eigenvalue weighted by Crippen LogP contribution is -2.31. The topological polar surface area (TPSA) is 9.23 Å². The zero-order valence-corrected chi connectivity index (χ0v) is 11.9. The average Bonchev–Trinajstić information content (AvgIpc) is 2.46. The van der Waals surface area contributed by atoms with Crippen molar-refractivity contribution in [1.82, 2.24) is 0 Å². The van der Waals surface area contributed by atoms with E-state index in [2.05, 4.69) is 0 Å². The van der Waals surface area contributed by atoms with E-state index in [9.17, 15) is 13.2 Å². The van der Waals surface area contributed by atoms with Gasteiger partial charge in [-0.15, -0.1) is 0 Å². The Morgan fingerprint density at radius 1 is 0.905 bits per heavy atom. The molecule has 0 aromatic heterocycles. The molecule has 0 spiro atoms. The van der Waals surface area contributed by atoms with Crippen molar-refractivity contribution in [2.45, 2.75) is 25.1 Å². The van der Waals surface area contributed by atoms with E-state index in [1.165, 1.54) is 14.0 Å². The molecule has 0 aliphatic carbocycles. The fraction of sp³-hybridized carbons (Fsp3) is 0.294. The Morgan fingerprint density at radius 2 is 1.48 bits per heavy atom. The maximum atomic E-state index is 12.9. The van der Waals surface area contributed by atoms with Gasteiger partial charge in [-0.25, -0.2) is 0 Å². The molecule has 0 saturated heterocycles. The molecule has 4 heteroatoms. The average molecular weight is 294 g/mol. The molecule has 0 saturated carbocycles. The third kappa shape index (κ3) is 3.64. The van der Waals surface area contributed by atoms with Crippen molar-refractivity contribution in [3.8, 4) is 11.1 Å². The van der Waals surface area contributed by atoms with Crippen LogP contribution in [0.1, 0.15) is 18.9 Å². The number of ether oxygens (including phenoxy) is 1. The van der Waals surface area contributed by atoms with Crippen molar-refractivity contribution in [2.75, 3.05) is 7.11 Å². The first-order valence-corrected chi connectivity index (χ1v) is 6.62. The predicted molar refractivity (Wildman–Crippen MR) is 76.9 cm³/mol. The van der Waals surface area contributed by atoms with E-state index in [0.29, 0.717) is 5.56 Å². The fourth-order valence-electron chi connectivity index (χ4n) is 2.47. The molecule has 1 nitrogen and oxygen atoms in total.